The highest BCUT2D eigenvalue weighted by atomic mass is 16.4. The SMILES string of the molecule is C[C@@H](C(=O)O)N(C)C(=O)CCCN=[N+]=[N-]. The Hall–Kier alpha value is -1.75. The lowest BCUT2D eigenvalue weighted by molar-refractivity contribution is -0.148. The molecule has 0 saturated carbocycles. The van der Waals surface area contributed by atoms with Gasteiger partial charge in [0.2, 0.25) is 5.91 Å². The van der Waals surface area contributed by atoms with Gasteiger partial charge in [-0.15, -0.1) is 0 Å². The van der Waals surface area contributed by atoms with Gasteiger partial charge in [0.05, 0.1) is 0 Å². The lowest BCUT2D eigenvalue weighted by Gasteiger charge is -2.21. The lowest BCUT2D eigenvalue weighted by Crippen LogP contribution is -2.40. The summed E-state index contributed by atoms with van der Waals surface area (Å²) in [6, 6.07) is -0.836. The van der Waals surface area contributed by atoms with Crippen LogP contribution in [0.5, 0.6) is 0 Å². The second-order valence-corrected chi connectivity index (χ2v) is 3.08. The van der Waals surface area contributed by atoms with Gasteiger partial charge in [-0.25, -0.2) is 4.79 Å². The molecule has 7 nitrogen and oxygen atoms in total. The molecule has 1 N–H and O–H groups in total. The summed E-state index contributed by atoms with van der Waals surface area (Å²) in [5.74, 6) is -1.31. The first-order chi connectivity index (χ1) is 7.00. The molecule has 0 rings (SSSR count). The van der Waals surface area contributed by atoms with Crippen molar-refractivity contribution in [2.75, 3.05) is 13.6 Å². The van der Waals surface area contributed by atoms with E-state index in [0.29, 0.717) is 6.42 Å². The first kappa shape index (κ1) is 13.2. The highest BCUT2D eigenvalue weighted by molar-refractivity contribution is 5.83. The van der Waals surface area contributed by atoms with E-state index in [1.807, 2.05) is 0 Å². The number of rotatable bonds is 6. The summed E-state index contributed by atoms with van der Waals surface area (Å²) in [7, 11) is 1.44. The Balaban J connectivity index is 3.99. The Morgan fingerprint density at radius 2 is 2.20 bits per heavy atom. The van der Waals surface area contributed by atoms with Crippen LogP contribution < -0.4 is 0 Å². The first-order valence-corrected chi connectivity index (χ1v) is 4.50. The summed E-state index contributed by atoms with van der Waals surface area (Å²) in [6.07, 6.45) is 0.618. The van der Waals surface area contributed by atoms with Crippen molar-refractivity contribution in [2.45, 2.75) is 25.8 Å². The Labute approximate surface area is 87.3 Å². The van der Waals surface area contributed by atoms with Crippen LogP contribution in [0.3, 0.4) is 0 Å². The van der Waals surface area contributed by atoms with Crippen LogP contribution in [0.15, 0.2) is 5.11 Å². The summed E-state index contributed by atoms with van der Waals surface area (Å²) in [5.41, 5.74) is 7.99. The number of amides is 1. The molecule has 0 bridgehead atoms. The number of azide groups is 1. The molecule has 0 aromatic carbocycles. The summed E-state index contributed by atoms with van der Waals surface area (Å²) in [4.78, 5) is 25.7. The quantitative estimate of drug-likeness (QED) is 0.308. The van der Waals surface area contributed by atoms with Gasteiger partial charge >= 0.3 is 5.97 Å². The monoisotopic (exact) mass is 214 g/mol. The van der Waals surface area contributed by atoms with E-state index >= 15 is 0 Å². The predicted octanol–water partition coefficient (Wildman–Crippen LogP) is 1.01. The Morgan fingerprint density at radius 1 is 1.60 bits per heavy atom. The second kappa shape index (κ2) is 6.67. The molecule has 0 saturated heterocycles. The third-order valence-electron chi connectivity index (χ3n) is 2.04. The average Bonchev–Trinajstić information content (AvgIpc) is 2.21. The molecule has 1 amide bonds. The van der Waals surface area contributed by atoms with E-state index in [9.17, 15) is 9.59 Å². The number of carbonyl (C=O) groups is 2. The highest BCUT2D eigenvalue weighted by Crippen LogP contribution is 2.01. The van der Waals surface area contributed by atoms with Gasteiger partial charge in [0, 0.05) is 24.9 Å². The summed E-state index contributed by atoms with van der Waals surface area (Å²) >= 11 is 0. The van der Waals surface area contributed by atoms with E-state index in [2.05, 4.69) is 10.0 Å². The van der Waals surface area contributed by atoms with E-state index in [1.165, 1.54) is 18.9 Å². The maximum absolute atomic E-state index is 11.4. The zero-order valence-corrected chi connectivity index (χ0v) is 8.75. The van der Waals surface area contributed by atoms with Crippen molar-refractivity contribution >= 4 is 11.9 Å². The number of likely N-dealkylation sites (N-methyl/N-ethyl adjacent to an activating group) is 1. The van der Waals surface area contributed by atoms with Gasteiger partial charge in [-0.05, 0) is 18.9 Å². The number of hydrogen-bond acceptors (Lipinski definition) is 3. The zero-order valence-electron chi connectivity index (χ0n) is 8.75. The van der Waals surface area contributed by atoms with Crippen LogP contribution in [-0.4, -0.2) is 41.5 Å². The van der Waals surface area contributed by atoms with Crippen LogP contribution in [-0.2, 0) is 9.59 Å². The largest absolute Gasteiger partial charge is 0.480 e. The number of carboxylic acids is 1. The van der Waals surface area contributed by atoms with Crippen molar-refractivity contribution in [3.05, 3.63) is 10.4 Å². The smallest absolute Gasteiger partial charge is 0.326 e. The highest BCUT2D eigenvalue weighted by Gasteiger charge is 2.20. The first-order valence-electron chi connectivity index (χ1n) is 4.50. The molecule has 7 heteroatoms. The molecule has 0 aromatic heterocycles. The van der Waals surface area contributed by atoms with Crippen molar-refractivity contribution < 1.29 is 14.7 Å². The maximum atomic E-state index is 11.4. The number of carboxylic acid groups (broad SMARTS) is 1. The van der Waals surface area contributed by atoms with E-state index < -0.39 is 12.0 Å². The van der Waals surface area contributed by atoms with Gasteiger partial charge in [0.25, 0.3) is 0 Å². The molecule has 0 aliphatic carbocycles. The molecule has 0 spiro atoms. The molecule has 0 aliphatic heterocycles. The van der Waals surface area contributed by atoms with Crippen molar-refractivity contribution in [3.63, 3.8) is 0 Å². The molecule has 0 fully saturated rings. The van der Waals surface area contributed by atoms with E-state index in [4.69, 9.17) is 10.6 Å². The average molecular weight is 214 g/mol. The normalized spacial score (nSPS) is 11.3. The fraction of sp³-hybridized carbons (Fsp3) is 0.750. The van der Waals surface area contributed by atoms with Crippen LogP contribution in [0.25, 0.3) is 10.4 Å². The van der Waals surface area contributed by atoms with Gasteiger partial charge in [0.1, 0.15) is 6.04 Å². The van der Waals surface area contributed by atoms with E-state index in [0.717, 1.165) is 0 Å². The summed E-state index contributed by atoms with van der Waals surface area (Å²) in [5, 5.41) is 11.9. The number of carbonyl (C=O) groups excluding carboxylic acids is 1. The zero-order chi connectivity index (χ0) is 11.8. The fourth-order valence-corrected chi connectivity index (χ4v) is 0.904. The number of nitrogens with zero attached hydrogens (tertiary/aromatic N) is 4. The standard InChI is InChI=1S/C8H14N4O3/c1-6(8(14)15)12(2)7(13)4-3-5-10-11-9/h6H,3-5H2,1-2H3,(H,14,15)/t6-/m0/s1. The van der Waals surface area contributed by atoms with Crippen molar-refractivity contribution in [1.82, 2.24) is 4.90 Å². The molecular formula is C8H14N4O3. The van der Waals surface area contributed by atoms with Gasteiger partial charge < -0.3 is 10.0 Å². The molecule has 0 aromatic rings. The van der Waals surface area contributed by atoms with Crippen LogP contribution in [0, 0.1) is 0 Å². The molecule has 0 aliphatic rings. The molecule has 84 valence electrons. The van der Waals surface area contributed by atoms with E-state index in [-0.39, 0.29) is 18.9 Å². The summed E-state index contributed by atoms with van der Waals surface area (Å²) < 4.78 is 0. The minimum Gasteiger partial charge on any atom is -0.480 e. The van der Waals surface area contributed by atoms with Crippen molar-refractivity contribution in [1.29, 1.82) is 0 Å². The van der Waals surface area contributed by atoms with Gasteiger partial charge in [-0.1, -0.05) is 5.11 Å². The minimum absolute atomic E-state index is 0.188. The van der Waals surface area contributed by atoms with Gasteiger partial charge in [-0.2, -0.15) is 0 Å². The van der Waals surface area contributed by atoms with E-state index in [1.54, 1.807) is 0 Å². The van der Waals surface area contributed by atoms with Crippen molar-refractivity contribution in [2.24, 2.45) is 5.11 Å². The Kier molecular flexibility index (Phi) is 5.89. The van der Waals surface area contributed by atoms with Gasteiger partial charge in [-0.3, -0.25) is 4.79 Å². The van der Waals surface area contributed by atoms with Crippen LogP contribution in [0.1, 0.15) is 19.8 Å². The fourth-order valence-electron chi connectivity index (χ4n) is 0.904. The second-order valence-electron chi connectivity index (χ2n) is 3.08. The topological polar surface area (TPSA) is 106 Å². The minimum atomic E-state index is -1.04. The van der Waals surface area contributed by atoms with Crippen LogP contribution >= 0.6 is 0 Å². The van der Waals surface area contributed by atoms with Crippen molar-refractivity contribution in [3.8, 4) is 0 Å². The third-order valence-corrected chi connectivity index (χ3v) is 2.04. The number of hydrogen-bond donors (Lipinski definition) is 1. The van der Waals surface area contributed by atoms with Crippen LogP contribution in [0.4, 0.5) is 0 Å². The Bertz CT molecular complexity index is 286. The molecule has 15 heavy (non-hydrogen) atoms. The van der Waals surface area contributed by atoms with Gasteiger partial charge in [0.15, 0.2) is 0 Å². The molecule has 0 radical (unpaired) electrons. The third kappa shape index (κ3) is 4.87. The predicted molar refractivity (Wildman–Crippen MR) is 53.1 cm³/mol. The molecular weight excluding hydrogens is 200 g/mol. The lowest BCUT2D eigenvalue weighted by atomic mass is 10.2. The molecule has 0 heterocycles. The molecule has 0 unspecified atom stereocenters. The summed E-state index contributed by atoms with van der Waals surface area (Å²) in [6.45, 7) is 1.69. The maximum Gasteiger partial charge on any atom is 0.326 e. The van der Waals surface area contributed by atoms with Crippen LogP contribution in [0.2, 0.25) is 0 Å². The Morgan fingerprint density at radius 3 is 2.67 bits per heavy atom. The number of aliphatic carboxylic acids is 1. The molecule has 1 atom stereocenters.